The highest BCUT2D eigenvalue weighted by atomic mass is 35.5. The van der Waals surface area contributed by atoms with Crippen molar-refractivity contribution in [2.45, 2.75) is 6.42 Å². The Morgan fingerprint density at radius 3 is 2.44 bits per heavy atom. The number of nitrogens with zero attached hydrogens (tertiary/aromatic N) is 3. The van der Waals surface area contributed by atoms with Crippen LogP contribution in [0, 0.1) is 0 Å². The lowest BCUT2D eigenvalue weighted by Gasteiger charge is -2.37. The number of amides is 1. The highest BCUT2D eigenvalue weighted by molar-refractivity contribution is 6.30. The van der Waals surface area contributed by atoms with Gasteiger partial charge in [-0.2, -0.15) is 0 Å². The van der Waals surface area contributed by atoms with Gasteiger partial charge in [0.15, 0.2) is 0 Å². The van der Waals surface area contributed by atoms with Crippen molar-refractivity contribution in [2.75, 3.05) is 42.9 Å². The number of nitrogens with one attached hydrogen (secondary N) is 1. The maximum atomic E-state index is 12.5. The molecule has 0 bridgehead atoms. The summed E-state index contributed by atoms with van der Waals surface area (Å²) in [7, 11) is 0. The Morgan fingerprint density at radius 2 is 1.69 bits per heavy atom. The van der Waals surface area contributed by atoms with Crippen molar-refractivity contribution in [2.24, 2.45) is 0 Å². The minimum Gasteiger partial charge on any atom is -0.367 e. The number of piperazine rings is 1. The SMILES string of the molecule is O=C(/C=C/c1ccc(Cl)cc1)Nc1ccccc1N1CCN(CCc2ccncc2)CC1. The van der Waals surface area contributed by atoms with Gasteiger partial charge in [0, 0.05) is 56.2 Å². The summed E-state index contributed by atoms with van der Waals surface area (Å²) in [5, 5.41) is 3.71. The summed E-state index contributed by atoms with van der Waals surface area (Å²) >= 11 is 5.91. The average Bonchev–Trinajstić information content (AvgIpc) is 2.84. The highest BCUT2D eigenvalue weighted by Crippen LogP contribution is 2.26. The molecule has 1 saturated heterocycles. The summed E-state index contributed by atoms with van der Waals surface area (Å²) in [5.41, 5.74) is 4.15. The molecule has 0 radical (unpaired) electrons. The van der Waals surface area contributed by atoms with Gasteiger partial charge >= 0.3 is 0 Å². The van der Waals surface area contributed by atoms with Crippen molar-refractivity contribution < 1.29 is 4.79 Å². The number of carbonyl (C=O) groups excluding carboxylic acids is 1. The molecule has 0 spiro atoms. The Hall–Kier alpha value is -3.15. The molecule has 6 heteroatoms. The normalized spacial score (nSPS) is 14.6. The van der Waals surface area contributed by atoms with Gasteiger partial charge in [-0.3, -0.25) is 14.7 Å². The lowest BCUT2D eigenvalue weighted by Crippen LogP contribution is -2.47. The van der Waals surface area contributed by atoms with Crippen molar-refractivity contribution in [3.8, 4) is 0 Å². The Labute approximate surface area is 194 Å². The summed E-state index contributed by atoms with van der Waals surface area (Å²) < 4.78 is 0. The van der Waals surface area contributed by atoms with E-state index in [1.54, 1.807) is 12.2 Å². The monoisotopic (exact) mass is 446 g/mol. The maximum Gasteiger partial charge on any atom is 0.248 e. The summed E-state index contributed by atoms with van der Waals surface area (Å²) in [6.07, 6.45) is 8.08. The van der Waals surface area contributed by atoms with Crippen LogP contribution >= 0.6 is 11.6 Å². The van der Waals surface area contributed by atoms with Gasteiger partial charge in [-0.15, -0.1) is 0 Å². The molecule has 5 nitrogen and oxygen atoms in total. The zero-order chi connectivity index (χ0) is 22.2. The minimum absolute atomic E-state index is 0.150. The first-order valence-corrected chi connectivity index (χ1v) is 11.2. The lowest BCUT2D eigenvalue weighted by molar-refractivity contribution is -0.111. The zero-order valence-electron chi connectivity index (χ0n) is 18.0. The van der Waals surface area contributed by atoms with Crippen LogP contribution in [0.5, 0.6) is 0 Å². The van der Waals surface area contributed by atoms with Crippen LogP contribution in [0.25, 0.3) is 6.08 Å². The number of hydrogen-bond acceptors (Lipinski definition) is 4. The molecule has 1 aromatic heterocycles. The summed E-state index contributed by atoms with van der Waals surface area (Å²) in [5.74, 6) is -0.150. The predicted octanol–water partition coefficient (Wildman–Crippen LogP) is 4.75. The van der Waals surface area contributed by atoms with Crippen LogP contribution in [0.2, 0.25) is 5.02 Å². The first-order chi connectivity index (χ1) is 15.7. The molecule has 32 heavy (non-hydrogen) atoms. The Balaban J connectivity index is 1.32. The van der Waals surface area contributed by atoms with E-state index in [4.69, 9.17) is 11.6 Å². The van der Waals surface area contributed by atoms with Gasteiger partial charge in [0.2, 0.25) is 5.91 Å². The fourth-order valence-corrected chi connectivity index (χ4v) is 3.95. The van der Waals surface area contributed by atoms with E-state index in [1.807, 2.05) is 54.9 Å². The second kappa shape index (κ2) is 10.9. The third kappa shape index (κ3) is 6.19. The first kappa shape index (κ1) is 22.1. The van der Waals surface area contributed by atoms with Crippen molar-refractivity contribution in [1.29, 1.82) is 0 Å². The number of para-hydroxylation sites is 2. The molecule has 0 unspecified atom stereocenters. The maximum absolute atomic E-state index is 12.5. The van der Waals surface area contributed by atoms with E-state index < -0.39 is 0 Å². The van der Waals surface area contributed by atoms with Gasteiger partial charge in [0.1, 0.15) is 0 Å². The number of rotatable bonds is 7. The van der Waals surface area contributed by atoms with Crippen LogP contribution in [0.4, 0.5) is 11.4 Å². The number of benzene rings is 2. The third-order valence-corrected chi connectivity index (χ3v) is 5.89. The number of halogens is 1. The van der Waals surface area contributed by atoms with E-state index in [1.165, 1.54) is 5.56 Å². The molecule has 164 valence electrons. The molecular formula is C26H27ClN4O. The quantitative estimate of drug-likeness (QED) is 0.532. The van der Waals surface area contributed by atoms with Gasteiger partial charge < -0.3 is 10.2 Å². The third-order valence-electron chi connectivity index (χ3n) is 5.64. The van der Waals surface area contributed by atoms with E-state index in [2.05, 4.69) is 38.3 Å². The molecule has 1 amide bonds. The van der Waals surface area contributed by atoms with Crippen LogP contribution in [-0.4, -0.2) is 48.5 Å². The van der Waals surface area contributed by atoms with Crippen LogP contribution in [0.15, 0.2) is 79.1 Å². The topological polar surface area (TPSA) is 48.5 Å². The number of hydrogen-bond donors (Lipinski definition) is 1. The number of pyridine rings is 1. The second-order valence-electron chi connectivity index (χ2n) is 7.83. The van der Waals surface area contributed by atoms with E-state index in [0.29, 0.717) is 5.02 Å². The van der Waals surface area contributed by atoms with Gasteiger partial charge in [-0.25, -0.2) is 0 Å². The van der Waals surface area contributed by atoms with Crippen LogP contribution < -0.4 is 10.2 Å². The molecular weight excluding hydrogens is 420 g/mol. The number of carbonyl (C=O) groups is 1. The van der Waals surface area contributed by atoms with E-state index >= 15 is 0 Å². The zero-order valence-corrected chi connectivity index (χ0v) is 18.7. The molecule has 0 saturated carbocycles. The highest BCUT2D eigenvalue weighted by Gasteiger charge is 2.19. The summed E-state index contributed by atoms with van der Waals surface area (Å²) in [4.78, 5) is 21.4. The summed E-state index contributed by atoms with van der Waals surface area (Å²) in [6.45, 7) is 4.92. The molecule has 2 aromatic carbocycles. The van der Waals surface area contributed by atoms with Crippen molar-refractivity contribution in [1.82, 2.24) is 9.88 Å². The largest absolute Gasteiger partial charge is 0.367 e. The predicted molar refractivity (Wildman–Crippen MR) is 132 cm³/mol. The summed E-state index contributed by atoms with van der Waals surface area (Å²) in [6, 6.07) is 19.5. The fraction of sp³-hybridized carbons (Fsp3) is 0.231. The van der Waals surface area contributed by atoms with Gasteiger partial charge in [-0.05, 0) is 60.0 Å². The molecule has 4 rings (SSSR count). The van der Waals surface area contributed by atoms with Gasteiger partial charge in [-0.1, -0.05) is 35.9 Å². The molecule has 1 aliphatic heterocycles. The lowest BCUT2D eigenvalue weighted by atomic mass is 10.1. The van der Waals surface area contributed by atoms with E-state index in [9.17, 15) is 4.79 Å². The Morgan fingerprint density at radius 1 is 0.969 bits per heavy atom. The smallest absolute Gasteiger partial charge is 0.248 e. The molecule has 1 N–H and O–H groups in total. The minimum atomic E-state index is -0.150. The van der Waals surface area contributed by atoms with Gasteiger partial charge in [0.05, 0.1) is 11.4 Å². The standard InChI is InChI=1S/C26H27ClN4O/c27-23-8-5-21(6-9-23)7-10-26(32)29-24-3-1-2-4-25(24)31-19-17-30(18-20-31)16-13-22-11-14-28-15-12-22/h1-12,14-15H,13,16-20H2,(H,29,32)/b10-7+. The average molecular weight is 447 g/mol. The van der Waals surface area contributed by atoms with Crippen LogP contribution in [-0.2, 0) is 11.2 Å². The molecule has 2 heterocycles. The van der Waals surface area contributed by atoms with Crippen molar-refractivity contribution in [3.63, 3.8) is 0 Å². The van der Waals surface area contributed by atoms with Crippen LogP contribution in [0.3, 0.4) is 0 Å². The molecule has 0 aliphatic carbocycles. The van der Waals surface area contributed by atoms with Crippen LogP contribution in [0.1, 0.15) is 11.1 Å². The van der Waals surface area contributed by atoms with Crippen molar-refractivity contribution in [3.05, 3.63) is 95.3 Å². The fourth-order valence-electron chi connectivity index (χ4n) is 3.82. The number of aromatic nitrogens is 1. The van der Waals surface area contributed by atoms with E-state index in [0.717, 1.165) is 56.1 Å². The molecule has 1 aliphatic rings. The Kier molecular flexibility index (Phi) is 7.54. The van der Waals surface area contributed by atoms with Gasteiger partial charge in [0.25, 0.3) is 0 Å². The number of anilines is 2. The second-order valence-corrected chi connectivity index (χ2v) is 8.26. The molecule has 3 aromatic rings. The Bertz CT molecular complexity index is 1040. The van der Waals surface area contributed by atoms with E-state index in [-0.39, 0.29) is 5.91 Å². The molecule has 1 fully saturated rings. The van der Waals surface area contributed by atoms with Crippen molar-refractivity contribution >= 4 is 35.0 Å². The molecule has 0 atom stereocenters. The first-order valence-electron chi connectivity index (χ1n) is 10.9.